The second-order valence-corrected chi connectivity index (χ2v) is 8.56. The summed E-state index contributed by atoms with van der Waals surface area (Å²) in [7, 11) is 1.65. The molecule has 2 aromatic rings. The molecular formula is C25H30N4O4. The molecule has 0 saturated carbocycles. The molecule has 3 heterocycles. The Morgan fingerprint density at radius 3 is 2.48 bits per heavy atom. The highest BCUT2D eigenvalue weighted by Gasteiger charge is 2.35. The van der Waals surface area contributed by atoms with Crippen LogP contribution in [0, 0.1) is 0 Å². The quantitative estimate of drug-likeness (QED) is 0.674. The molecule has 1 fully saturated rings. The molecule has 0 aromatic heterocycles. The molecule has 0 aliphatic carbocycles. The molecule has 1 atom stereocenters. The number of likely N-dealkylation sites (N-methyl/N-ethyl adjacent to an activating group) is 1. The molecule has 8 nitrogen and oxygen atoms in total. The largest absolute Gasteiger partial charge is 0.497 e. The Hall–Kier alpha value is -3.10. The molecule has 0 unspecified atom stereocenters. The van der Waals surface area contributed by atoms with Crippen molar-refractivity contribution in [1.82, 2.24) is 14.8 Å². The third-order valence-corrected chi connectivity index (χ3v) is 6.64. The molecule has 0 spiro atoms. The average Bonchev–Trinajstić information content (AvgIpc) is 3.51. The standard InChI is InChI=1S/C25H30N4O4/c1-3-27-10-12-28(13-11-27)16-25(30)29-22(19-6-9-23-24(14-19)33-17-32-23)15-21(26-29)18-4-7-20(31-2)8-5-18/h4-9,14,22H,3,10-13,15-17H2,1-2H3/t22-/m0/s1. The van der Waals surface area contributed by atoms with Crippen LogP contribution in [-0.4, -0.2) is 79.6 Å². The summed E-state index contributed by atoms with van der Waals surface area (Å²) in [5, 5.41) is 6.48. The lowest BCUT2D eigenvalue weighted by atomic mass is 9.98. The number of piperazine rings is 1. The van der Waals surface area contributed by atoms with Crippen molar-refractivity contribution < 1.29 is 19.0 Å². The van der Waals surface area contributed by atoms with E-state index in [2.05, 4.69) is 16.7 Å². The Kier molecular flexibility index (Phi) is 6.20. The number of ether oxygens (including phenoxy) is 3. The van der Waals surface area contributed by atoms with Gasteiger partial charge in [-0.15, -0.1) is 0 Å². The normalized spacial score (nSPS) is 20.7. The fraction of sp³-hybridized carbons (Fsp3) is 0.440. The molecule has 33 heavy (non-hydrogen) atoms. The molecule has 5 rings (SSSR count). The van der Waals surface area contributed by atoms with Gasteiger partial charge in [-0.1, -0.05) is 13.0 Å². The Bertz CT molecular complexity index is 1030. The molecule has 2 aromatic carbocycles. The van der Waals surface area contributed by atoms with Crippen molar-refractivity contribution in [3.8, 4) is 17.2 Å². The van der Waals surface area contributed by atoms with Crippen LogP contribution in [0.3, 0.4) is 0 Å². The molecule has 0 bridgehead atoms. The van der Waals surface area contributed by atoms with Crippen LogP contribution in [0.15, 0.2) is 47.6 Å². The molecular weight excluding hydrogens is 420 g/mol. The lowest BCUT2D eigenvalue weighted by Crippen LogP contribution is -2.49. The van der Waals surface area contributed by atoms with E-state index in [0.717, 1.165) is 61.1 Å². The van der Waals surface area contributed by atoms with Gasteiger partial charge in [0.2, 0.25) is 6.79 Å². The average molecular weight is 451 g/mol. The van der Waals surface area contributed by atoms with Gasteiger partial charge in [0.05, 0.1) is 25.4 Å². The van der Waals surface area contributed by atoms with Crippen LogP contribution in [0.5, 0.6) is 17.2 Å². The SMILES string of the molecule is CCN1CCN(CC(=O)N2N=C(c3ccc(OC)cc3)C[C@H]2c2ccc3c(c2)OCO3)CC1. The van der Waals surface area contributed by atoms with Crippen LogP contribution >= 0.6 is 0 Å². The predicted molar refractivity (Wildman–Crippen MR) is 125 cm³/mol. The van der Waals surface area contributed by atoms with Gasteiger partial charge >= 0.3 is 0 Å². The van der Waals surface area contributed by atoms with Gasteiger partial charge in [-0.25, -0.2) is 5.01 Å². The number of hydrazone groups is 1. The van der Waals surface area contributed by atoms with Gasteiger partial charge in [0, 0.05) is 32.6 Å². The van der Waals surface area contributed by atoms with E-state index in [0.29, 0.717) is 18.7 Å². The zero-order valence-electron chi connectivity index (χ0n) is 19.2. The number of hydrogen-bond acceptors (Lipinski definition) is 7. The maximum atomic E-state index is 13.4. The number of rotatable bonds is 6. The molecule has 3 aliphatic heterocycles. The van der Waals surface area contributed by atoms with Gasteiger partial charge in [0.1, 0.15) is 5.75 Å². The van der Waals surface area contributed by atoms with Crippen molar-refractivity contribution in [1.29, 1.82) is 0 Å². The Morgan fingerprint density at radius 2 is 1.76 bits per heavy atom. The number of methoxy groups -OCH3 is 1. The Labute approximate surface area is 194 Å². The number of amides is 1. The summed E-state index contributed by atoms with van der Waals surface area (Å²) in [6.45, 7) is 7.62. The molecule has 8 heteroatoms. The minimum atomic E-state index is -0.180. The van der Waals surface area contributed by atoms with Crippen LogP contribution in [0.1, 0.15) is 30.5 Å². The molecule has 0 radical (unpaired) electrons. The lowest BCUT2D eigenvalue weighted by molar-refractivity contribution is -0.134. The topological polar surface area (TPSA) is 66.8 Å². The van der Waals surface area contributed by atoms with E-state index in [9.17, 15) is 4.79 Å². The minimum Gasteiger partial charge on any atom is -0.497 e. The smallest absolute Gasteiger partial charge is 0.257 e. The van der Waals surface area contributed by atoms with E-state index in [-0.39, 0.29) is 18.7 Å². The Balaban J connectivity index is 1.38. The summed E-state index contributed by atoms with van der Waals surface area (Å²) >= 11 is 0. The molecule has 0 N–H and O–H groups in total. The zero-order chi connectivity index (χ0) is 22.8. The monoisotopic (exact) mass is 450 g/mol. The Morgan fingerprint density at radius 1 is 1.03 bits per heavy atom. The zero-order valence-corrected chi connectivity index (χ0v) is 19.2. The first-order chi connectivity index (χ1) is 16.1. The predicted octanol–water partition coefficient (Wildman–Crippen LogP) is 2.74. The number of fused-ring (bicyclic) bond motifs is 1. The highest BCUT2D eigenvalue weighted by Crippen LogP contribution is 2.39. The van der Waals surface area contributed by atoms with Gasteiger partial charge in [0.25, 0.3) is 5.91 Å². The maximum Gasteiger partial charge on any atom is 0.257 e. The van der Waals surface area contributed by atoms with Crippen molar-refractivity contribution >= 4 is 11.6 Å². The van der Waals surface area contributed by atoms with E-state index in [1.807, 2.05) is 42.5 Å². The molecule has 1 amide bonds. The first-order valence-electron chi connectivity index (χ1n) is 11.5. The summed E-state index contributed by atoms with van der Waals surface area (Å²) in [5.41, 5.74) is 2.88. The molecule has 1 saturated heterocycles. The molecule has 3 aliphatic rings. The second-order valence-electron chi connectivity index (χ2n) is 8.56. The first-order valence-corrected chi connectivity index (χ1v) is 11.5. The fourth-order valence-corrected chi connectivity index (χ4v) is 4.61. The number of benzene rings is 2. The van der Waals surface area contributed by atoms with E-state index in [4.69, 9.17) is 19.3 Å². The van der Waals surface area contributed by atoms with Crippen LogP contribution in [0.25, 0.3) is 0 Å². The fourth-order valence-electron chi connectivity index (χ4n) is 4.61. The number of hydrogen-bond donors (Lipinski definition) is 0. The highest BCUT2D eigenvalue weighted by molar-refractivity contribution is 6.03. The van der Waals surface area contributed by atoms with Crippen LogP contribution in [0.2, 0.25) is 0 Å². The van der Waals surface area contributed by atoms with Crippen molar-refractivity contribution in [3.63, 3.8) is 0 Å². The number of carbonyl (C=O) groups excluding carboxylic acids is 1. The van der Waals surface area contributed by atoms with Crippen molar-refractivity contribution in [2.24, 2.45) is 5.10 Å². The summed E-state index contributed by atoms with van der Waals surface area (Å²) in [6.07, 6.45) is 0.640. The minimum absolute atomic E-state index is 0.0196. The van der Waals surface area contributed by atoms with Crippen LogP contribution < -0.4 is 14.2 Å². The van der Waals surface area contributed by atoms with Crippen molar-refractivity contribution in [2.45, 2.75) is 19.4 Å². The van der Waals surface area contributed by atoms with E-state index < -0.39 is 0 Å². The van der Waals surface area contributed by atoms with E-state index in [1.165, 1.54) is 0 Å². The summed E-state index contributed by atoms with van der Waals surface area (Å²) < 4.78 is 16.3. The third-order valence-electron chi connectivity index (χ3n) is 6.64. The van der Waals surface area contributed by atoms with E-state index >= 15 is 0 Å². The van der Waals surface area contributed by atoms with Crippen LogP contribution in [0.4, 0.5) is 0 Å². The van der Waals surface area contributed by atoms with Gasteiger partial charge < -0.3 is 19.1 Å². The molecule has 174 valence electrons. The number of carbonyl (C=O) groups is 1. The summed E-state index contributed by atoms with van der Waals surface area (Å²) in [4.78, 5) is 18.1. The van der Waals surface area contributed by atoms with E-state index in [1.54, 1.807) is 12.1 Å². The third kappa shape index (κ3) is 4.54. The number of nitrogens with zero attached hydrogens (tertiary/aromatic N) is 4. The van der Waals surface area contributed by atoms with Gasteiger partial charge in [0.15, 0.2) is 11.5 Å². The van der Waals surface area contributed by atoms with Gasteiger partial charge in [-0.05, 0) is 54.1 Å². The maximum absolute atomic E-state index is 13.4. The van der Waals surface area contributed by atoms with Gasteiger partial charge in [-0.3, -0.25) is 9.69 Å². The lowest BCUT2D eigenvalue weighted by Gasteiger charge is -2.34. The first kappa shape index (κ1) is 21.7. The summed E-state index contributed by atoms with van der Waals surface area (Å²) in [6, 6.07) is 13.5. The second kappa shape index (κ2) is 9.41. The highest BCUT2D eigenvalue weighted by atomic mass is 16.7. The van der Waals surface area contributed by atoms with Gasteiger partial charge in [-0.2, -0.15) is 5.10 Å². The van der Waals surface area contributed by atoms with Crippen molar-refractivity contribution in [2.75, 3.05) is 53.2 Å². The van der Waals surface area contributed by atoms with Crippen LogP contribution in [-0.2, 0) is 4.79 Å². The van der Waals surface area contributed by atoms with Crippen molar-refractivity contribution in [3.05, 3.63) is 53.6 Å². The summed E-state index contributed by atoms with van der Waals surface area (Å²) in [5.74, 6) is 2.27.